The fraction of sp³-hybridized carbons (Fsp3) is 0.500. The Bertz CT molecular complexity index is 918. The third-order valence-electron chi connectivity index (χ3n) is 6.65. The van der Waals surface area contributed by atoms with Crippen molar-refractivity contribution in [1.29, 1.82) is 0 Å². The Morgan fingerprint density at radius 3 is 2.28 bits per heavy atom. The predicted octanol–water partition coefficient (Wildman–Crippen LogP) is 4.57. The molecule has 1 N–H and O–H groups in total. The first-order valence-corrected chi connectivity index (χ1v) is 11.4. The zero-order valence-corrected chi connectivity index (χ0v) is 19.1. The molecule has 172 valence electrons. The lowest BCUT2D eigenvalue weighted by Crippen LogP contribution is -2.41. The lowest BCUT2D eigenvalue weighted by molar-refractivity contribution is 0.0231. The van der Waals surface area contributed by atoms with Gasteiger partial charge in [0.05, 0.1) is 39.6 Å². The second-order valence-corrected chi connectivity index (χ2v) is 8.65. The van der Waals surface area contributed by atoms with E-state index in [2.05, 4.69) is 11.4 Å². The summed E-state index contributed by atoms with van der Waals surface area (Å²) >= 11 is 0. The first kappa shape index (κ1) is 22.5. The predicted molar refractivity (Wildman–Crippen MR) is 123 cm³/mol. The van der Waals surface area contributed by atoms with E-state index in [-0.39, 0.29) is 17.9 Å². The van der Waals surface area contributed by atoms with Crippen molar-refractivity contribution in [2.75, 3.05) is 27.9 Å². The fourth-order valence-electron chi connectivity index (χ4n) is 4.59. The molecule has 5 rings (SSSR count). The van der Waals surface area contributed by atoms with Gasteiger partial charge in [0.15, 0.2) is 11.5 Å². The molecule has 2 saturated carbocycles. The van der Waals surface area contributed by atoms with Crippen LogP contribution in [0.3, 0.4) is 0 Å². The van der Waals surface area contributed by atoms with Gasteiger partial charge in [-0.1, -0.05) is 31.0 Å². The summed E-state index contributed by atoms with van der Waals surface area (Å²) in [5.74, 6) is 3.19. The van der Waals surface area contributed by atoms with E-state index in [1.165, 1.54) is 6.42 Å². The van der Waals surface area contributed by atoms with Crippen molar-refractivity contribution in [2.24, 2.45) is 5.92 Å². The van der Waals surface area contributed by atoms with Crippen molar-refractivity contribution in [2.45, 2.75) is 50.2 Å². The molecule has 2 aliphatic carbocycles. The highest BCUT2D eigenvalue weighted by Crippen LogP contribution is 2.42. The smallest absolute Gasteiger partial charge is 0.255 e. The quantitative estimate of drug-likeness (QED) is 0.714. The van der Waals surface area contributed by atoms with Crippen LogP contribution < -0.4 is 19.5 Å². The van der Waals surface area contributed by atoms with Gasteiger partial charge in [0.2, 0.25) is 0 Å². The van der Waals surface area contributed by atoms with Gasteiger partial charge in [0, 0.05) is 17.9 Å². The summed E-state index contributed by atoms with van der Waals surface area (Å²) in [7, 11) is 4.86. The van der Waals surface area contributed by atoms with Gasteiger partial charge in [-0.25, -0.2) is 0 Å². The van der Waals surface area contributed by atoms with E-state index in [0.29, 0.717) is 17.1 Å². The highest BCUT2D eigenvalue weighted by molar-refractivity contribution is 5.97. The van der Waals surface area contributed by atoms with Crippen LogP contribution in [0.25, 0.3) is 0 Å². The van der Waals surface area contributed by atoms with Crippen LogP contribution in [0, 0.1) is 5.92 Å². The molecule has 0 radical (unpaired) electrons. The Balaban J connectivity index is 0.000000422. The number of benzene rings is 2. The minimum atomic E-state index is -0.0928. The normalized spacial score (nSPS) is 25.2. The summed E-state index contributed by atoms with van der Waals surface area (Å²) in [6, 6.07) is 13.4. The number of hydrogen-bond acceptors (Lipinski definition) is 5. The number of rotatable bonds is 6. The number of fused-ring (bicyclic) bond motifs is 1. The van der Waals surface area contributed by atoms with E-state index in [1.807, 2.05) is 30.3 Å². The number of methoxy groups -OCH3 is 3. The summed E-state index contributed by atoms with van der Waals surface area (Å²) in [6.07, 6.45) is 6.35. The van der Waals surface area contributed by atoms with Crippen LogP contribution >= 0.6 is 0 Å². The topological polar surface area (TPSA) is 66.0 Å². The Morgan fingerprint density at radius 1 is 0.938 bits per heavy atom. The Hall–Kier alpha value is -2.73. The first-order chi connectivity index (χ1) is 15.6. The largest absolute Gasteiger partial charge is 0.496 e. The third-order valence-corrected chi connectivity index (χ3v) is 6.65. The average molecular weight is 440 g/mol. The standard InChI is InChI=1S/C22H27NO4.C4H6O/c1-25-19-11-7-5-9-17(19)22(24)23-18-10-6-4-8-16(18)15-12-13-20(26-2)21(14-15)27-3;1-3-2-5-4(1)3/h5,7,9,11-14,16,18H,4,6,8,10H2,1-3H3,(H,23,24);3-4H,1-2H2. The van der Waals surface area contributed by atoms with E-state index in [1.54, 1.807) is 27.4 Å². The van der Waals surface area contributed by atoms with Crippen molar-refractivity contribution in [1.82, 2.24) is 5.32 Å². The highest BCUT2D eigenvalue weighted by atomic mass is 16.5. The van der Waals surface area contributed by atoms with E-state index in [9.17, 15) is 4.79 Å². The number of hydrogen-bond donors (Lipinski definition) is 1. The number of para-hydroxylation sites is 1. The lowest BCUT2D eigenvalue weighted by atomic mass is 9.79. The molecule has 1 saturated heterocycles. The van der Waals surface area contributed by atoms with Crippen molar-refractivity contribution >= 4 is 5.91 Å². The SMILES string of the molecule is C1OC2CC12.COc1ccc(C2CCCCC2NC(=O)c2ccccc2OC)cc1OC. The van der Waals surface area contributed by atoms with Crippen LogP contribution in [0.1, 0.15) is 53.9 Å². The maximum absolute atomic E-state index is 12.9. The molecule has 4 atom stereocenters. The second-order valence-electron chi connectivity index (χ2n) is 8.65. The summed E-state index contributed by atoms with van der Waals surface area (Å²) in [4.78, 5) is 12.9. The van der Waals surface area contributed by atoms with Gasteiger partial charge >= 0.3 is 0 Å². The minimum absolute atomic E-state index is 0.0780. The van der Waals surface area contributed by atoms with E-state index >= 15 is 0 Å². The number of nitrogens with one attached hydrogen (secondary N) is 1. The molecule has 0 spiro atoms. The van der Waals surface area contributed by atoms with E-state index in [0.717, 1.165) is 55.6 Å². The molecule has 1 aliphatic heterocycles. The molecule has 2 aromatic rings. The summed E-state index contributed by atoms with van der Waals surface area (Å²) in [6.45, 7) is 1.06. The van der Waals surface area contributed by atoms with E-state index in [4.69, 9.17) is 18.9 Å². The molecule has 6 heteroatoms. The molecule has 4 unspecified atom stereocenters. The number of carbonyl (C=O) groups is 1. The van der Waals surface area contributed by atoms with Crippen LogP contribution in [0.15, 0.2) is 42.5 Å². The van der Waals surface area contributed by atoms with Crippen LogP contribution in [-0.2, 0) is 4.74 Å². The Labute approximate surface area is 190 Å². The summed E-state index contributed by atoms with van der Waals surface area (Å²) in [5, 5.41) is 3.23. The monoisotopic (exact) mass is 439 g/mol. The molecular weight excluding hydrogens is 406 g/mol. The van der Waals surface area contributed by atoms with Crippen LogP contribution in [-0.4, -0.2) is 46.0 Å². The maximum atomic E-state index is 12.9. The molecule has 6 nitrogen and oxygen atoms in total. The van der Waals surface area contributed by atoms with Gasteiger partial charge in [0.25, 0.3) is 5.91 Å². The van der Waals surface area contributed by atoms with Crippen molar-refractivity contribution in [3.8, 4) is 17.2 Å². The number of carbonyl (C=O) groups excluding carboxylic acids is 1. The van der Waals surface area contributed by atoms with Crippen LogP contribution in [0.2, 0.25) is 0 Å². The van der Waals surface area contributed by atoms with Gasteiger partial charge in [-0.05, 0) is 49.1 Å². The van der Waals surface area contributed by atoms with Crippen LogP contribution in [0.4, 0.5) is 0 Å². The third kappa shape index (κ3) is 5.01. The minimum Gasteiger partial charge on any atom is -0.496 e. The molecule has 32 heavy (non-hydrogen) atoms. The zero-order valence-electron chi connectivity index (χ0n) is 19.1. The van der Waals surface area contributed by atoms with Crippen molar-refractivity contribution in [3.63, 3.8) is 0 Å². The van der Waals surface area contributed by atoms with Gasteiger partial charge < -0.3 is 24.3 Å². The lowest BCUT2D eigenvalue weighted by Gasteiger charge is -2.33. The molecule has 2 aromatic carbocycles. The molecule has 3 aliphatic rings. The van der Waals surface area contributed by atoms with Gasteiger partial charge in [-0.3, -0.25) is 4.79 Å². The molecule has 0 bridgehead atoms. The molecule has 0 aromatic heterocycles. The average Bonchev–Trinajstić information content (AvgIpc) is 3.43. The highest BCUT2D eigenvalue weighted by Gasteiger charge is 2.46. The molecule has 1 amide bonds. The fourth-order valence-corrected chi connectivity index (χ4v) is 4.59. The summed E-state index contributed by atoms with van der Waals surface area (Å²) in [5.41, 5.74) is 1.73. The van der Waals surface area contributed by atoms with Gasteiger partial charge in [-0.2, -0.15) is 0 Å². The maximum Gasteiger partial charge on any atom is 0.255 e. The molecule has 3 fully saturated rings. The van der Waals surface area contributed by atoms with E-state index < -0.39 is 0 Å². The molecular formula is C26H33NO5. The van der Waals surface area contributed by atoms with Gasteiger partial charge in [-0.15, -0.1) is 0 Å². The molecule has 1 heterocycles. The summed E-state index contributed by atoms with van der Waals surface area (Å²) < 4.78 is 21.1. The number of amides is 1. The Morgan fingerprint density at radius 2 is 1.66 bits per heavy atom. The number of ether oxygens (including phenoxy) is 4. The van der Waals surface area contributed by atoms with Crippen molar-refractivity contribution < 1.29 is 23.7 Å². The van der Waals surface area contributed by atoms with Gasteiger partial charge in [0.1, 0.15) is 5.75 Å². The zero-order chi connectivity index (χ0) is 22.5. The van der Waals surface area contributed by atoms with Crippen molar-refractivity contribution in [3.05, 3.63) is 53.6 Å². The second kappa shape index (κ2) is 10.3. The van der Waals surface area contributed by atoms with Crippen LogP contribution in [0.5, 0.6) is 17.2 Å². The first-order valence-electron chi connectivity index (χ1n) is 11.4. The Kier molecular flexibility index (Phi) is 7.20.